The summed E-state index contributed by atoms with van der Waals surface area (Å²) in [6.07, 6.45) is 4.07. The summed E-state index contributed by atoms with van der Waals surface area (Å²) in [5.41, 5.74) is 2.86. The molecule has 0 radical (unpaired) electrons. The standard InChI is InChI=1S/C28H33N5O3S2/c1-16(2)21-14-20-22(15-36-21)38-26-23(20)25(35)32(19-10-8-17(3)9-11-19)27-29-30-28(33(26)27)37-18(4)24(34)31-12-6-5-7-13-31/h8-11,16,18,21H,5-7,12-15H2,1-4H3/t18-,21-/m1/s1. The third-order valence-corrected chi connectivity index (χ3v) is 9.90. The van der Waals surface area contributed by atoms with Gasteiger partial charge in [0.15, 0.2) is 5.16 Å². The van der Waals surface area contributed by atoms with Crippen molar-refractivity contribution in [3.63, 3.8) is 0 Å². The Bertz CT molecular complexity index is 1560. The molecule has 1 fully saturated rings. The SMILES string of the molecule is Cc1ccc(-n2c(=O)c3c4c(sc3n3c(S[C@H](C)C(=O)N5CCCCC5)nnc23)CO[C@@H](C(C)C)C4)cc1. The number of aromatic nitrogens is 4. The Morgan fingerprint density at radius 2 is 1.84 bits per heavy atom. The Labute approximate surface area is 230 Å². The van der Waals surface area contributed by atoms with E-state index in [0.29, 0.717) is 35.3 Å². The fraction of sp³-hybridized carbons (Fsp3) is 0.500. The van der Waals surface area contributed by atoms with Crippen LogP contribution < -0.4 is 5.56 Å². The lowest BCUT2D eigenvalue weighted by Gasteiger charge is -2.28. The molecule has 2 atom stereocenters. The second-order valence-corrected chi connectivity index (χ2v) is 13.1. The van der Waals surface area contributed by atoms with Gasteiger partial charge in [0.05, 0.1) is 29.0 Å². The van der Waals surface area contributed by atoms with Crippen LogP contribution in [0.25, 0.3) is 21.7 Å². The van der Waals surface area contributed by atoms with Crippen LogP contribution in [-0.2, 0) is 22.6 Å². The van der Waals surface area contributed by atoms with Crippen LogP contribution in [0, 0.1) is 12.8 Å². The van der Waals surface area contributed by atoms with Crippen molar-refractivity contribution >= 4 is 45.0 Å². The Hall–Kier alpha value is -2.69. The Morgan fingerprint density at radius 1 is 1.11 bits per heavy atom. The van der Waals surface area contributed by atoms with Gasteiger partial charge in [0.1, 0.15) is 4.83 Å². The number of ether oxygens (including phenoxy) is 1. The van der Waals surface area contributed by atoms with Crippen molar-refractivity contribution in [1.82, 2.24) is 24.1 Å². The third kappa shape index (κ3) is 4.36. The van der Waals surface area contributed by atoms with Gasteiger partial charge in [-0.05, 0) is 56.7 Å². The van der Waals surface area contributed by atoms with Crippen molar-refractivity contribution in [2.75, 3.05) is 13.1 Å². The predicted octanol–water partition coefficient (Wildman–Crippen LogP) is 4.99. The number of rotatable bonds is 5. The van der Waals surface area contributed by atoms with Crippen LogP contribution in [0.4, 0.5) is 0 Å². The van der Waals surface area contributed by atoms with Gasteiger partial charge in [-0.1, -0.05) is 43.3 Å². The van der Waals surface area contributed by atoms with Crippen LogP contribution in [0.15, 0.2) is 34.2 Å². The molecule has 0 aliphatic carbocycles. The van der Waals surface area contributed by atoms with E-state index in [1.807, 2.05) is 47.4 Å². The molecular formula is C28H33N5O3S2. The molecule has 10 heteroatoms. The molecule has 3 aromatic heterocycles. The fourth-order valence-electron chi connectivity index (χ4n) is 5.45. The van der Waals surface area contributed by atoms with Gasteiger partial charge in [0.25, 0.3) is 5.56 Å². The molecule has 0 bridgehead atoms. The molecule has 1 aromatic carbocycles. The molecule has 2 aliphatic rings. The molecule has 1 saturated heterocycles. The van der Waals surface area contributed by atoms with Gasteiger partial charge in [0, 0.05) is 24.4 Å². The Morgan fingerprint density at radius 3 is 2.55 bits per heavy atom. The highest BCUT2D eigenvalue weighted by molar-refractivity contribution is 8.00. The van der Waals surface area contributed by atoms with Gasteiger partial charge in [-0.25, -0.2) is 8.97 Å². The summed E-state index contributed by atoms with van der Waals surface area (Å²) in [5.74, 6) is 0.948. The number of thiophene rings is 1. The molecule has 8 nitrogen and oxygen atoms in total. The zero-order valence-corrected chi connectivity index (χ0v) is 23.9. The van der Waals surface area contributed by atoms with E-state index < -0.39 is 0 Å². The van der Waals surface area contributed by atoms with E-state index in [0.717, 1.165) is 52.5 Å². The monoisotopic (exact) mass is 551 g/mol. The number of piperidine rings is 1. The molecule has 1 amide bonds. The first-order chi connectivity index (χ1) is 18.3. The number of hydrogen-bond acceptors (Lipinski definition) is 7. The third-order valence-electron chi connectivity index (χ3n) is 7.68. The van der Waals surface area contributed by atoms with Gasteiger partial charge >= 0.3 is 0 Å². The lowest BCUT2D eigenvalue weighted by Crippen LogP contribution is -2.40. The quantitative estimate of drug-likeness (QED) is 0.325. The van der Waals surface area contributed by atoms with E-state index in [-0.39, 0.29) is 22.8 Å². The number of benzene rings is 1. The number of nitrogens with zero attached hydrogens (tertiary/aromatic N) is 5. The number of aryl methyl sites for hydroxylation is 1. The molecule has 38 heavy (non-hydrogen) atoms. The topological polar surface area (TPSA) is 81.7 Å². The lowest BCUT2D eigenvalue weighted by molar-refractivity contribution is -0.131. The van der Waals surface area contributed by atoms with E-state index in [2.05, 4.69) is 24.0 Å². The van der Waals surface area contributed by atoms with Gasteiger partial charge in [-0.2, -0.15) is 0 Å². The number of fused-ring (bicyclic) bond motifs is 5. The van der Waals surface area contributed by atoms with E-state index >= 15 is 0 Å². The summed E-state index contributed by atoms with van der Waals surface area (Å²) in [7, 11) is 0. The maximum absolute atomic E-state index is 14.2. The van der Waals surface area contributed by atoms with Gasteiger partial charge in [-0.3, -0.25) is 9.59 Å². The Kier molecular flexibility index (Phi) is 6.82. The summed E-state index contributed by atoms with van der Waals surface area (Å²) in [6, 6.07) is 7.90. The number of amides is 1. The zero-order valence-electron chi connectivity index (χ0n) is 22.3. The minimum atomic E-state index is -0.307. The maximum atomic E-state index is 14.2. The lowest BCUT2D eigenvalue weighted by atomic mass is 9.96. The number of carbonyl (C=O) groups excluding carboxylic acids is 1. The summed E-state index contributed by atoms with van der Waals surface area (Å²) >= 11 is 3.00. The number of carbonyl (C=O) groups is 1. The molecule has 0 unspecified atom stereocenters. The van der Waals surface area contributed by atoms with Crippen LogP contribution in [0.5, 0.6) is 0 Å². The maximum Gasteiger partial charge on any atom is 0.268 e. The molecule has 5 heterocycles. The van der Waals surface area contributed by atoms with Crippen LogP contribution in [0.3, 0.4) is 0 Å². The van der Waals surface area contributed by atoms with Crippen molar-refractivity contribution in [3.05, 3.63) is 50.6 Å². The molecule has 6 rings (SSSR count). The highest BCUT2D eigenvalue weighted by atomic mass is 32.2. The number of thioether (sulfide) groups is 1. The highest BCUT2D eigenvalue weighted by Crippen LogP contribution is 2.38. The molecular weight excluding hydrogens is 518 g/mol. The average Bonchev–Trinajstić information content (AvgIpc) is 3.51. The molecule has 0 saturated carbocycles. The van der Waals surface area contributed by atoms with Crippen molar-refractivity contribution in [2.45, 2.75) is 76.5 Å². The second-order valence-electron chi connectivity index (χ2n) is 10.7. The predicted molar refractivity (Wildman–Crippen MR) is 152 cm³/mol. The minimum Gasteiger partial charge on any atom is -0.372 e. The molecule has 4 aromatic rings. The first-order valence-corrected chi connectivity index (χ1v) is 15.1. The molecule has 200 valence electrons. The second kappa shape index (κ2) is 10.1. The summed E-state index contributed by atoms with van der Waals surface area (Å²) < 4.78 is 9.81. The van der Waals surface area contributed by atoms with E-state index in [1.54, 1.807) is 15.9 Å². The van der Waals surface area contributed by atoms with E-state index in [4.69, 9.17) is 4.74 Å². The zero-order chi connectivity index (χ0) is 26.6. The Balaban J connectivity index is 1.52. The van der Waals surface area contributed by atoms with Crippen molar-refractivity contribution in [2.24, 2.45) is 5.92 Å². The van der Waals surface area contributed by atoms with Crippen LogP contribution >= 0.6 is 23.1 Å². The summed E-state index contributed by atoms with van der Waals surface area (Å²) in [5, 5.41) is 10.1. The fourth-order valence-corrected chi connectivity index (χ4v) is 7.68. The largest absolute Gasteiger partial charge is 0.372 e. The smallest absolute Gasteiger partial charge is 0.268 e. The number of likely N-dealkylation sites (tertiary alicyclic amines) is 1. The van der Waals surface area contributed by atoms with Crippen LogP contribution in [0.1, 0.15) is 56.0 Å². The van der Waals surface area contributed by atoms with E-state index in [9.17, 15) is 9.59 Å². The first-order valence-electron chi connectivity index (χ1n) is 13.4. The van der Waals surface area contributed by atoms with Crippen molar-refractivity contribution < 1.29 is 9.53 Å². The van der Waals surface area contributed by atoms with Crippen LogP contribution in [0.2, 0.25) is 0 Å². The minimum absolute atomic E-state index is 0.0696. The van der Waals surface area contributed by atoms with Gasteiger partial charge in [0.2, 0.25) is 11.7 Å². The number of hydrogen-bond donors (Lipinski definition) is 0. The molecule has 2 aliphatic heterocycles. The molecule has 0 N–H and O–H groups in total. The van der Waals surface area contributed by atoms with Crippen molar-refractivity contribution in [3.8, 4) is 5.69 Å². The summed E-state index contributed by atoms with van der Waals surface area (Å²) in [6.45, 7) is 10.4. The normalized spacial score (nSPS) is 18.9. The summed E-state index contributed by atoms with van der Waals surface area (Å²) in [4.78, 5) is 31.3. The highest BCUT2D eigenvalue weighted by Gasteiger charge is 2.31. The van der Waals surface area contributed by atoms with Crippen LogP contribution in [-0.4, -0.2) is 54.4 Å². The first kappa shape index (κ1) is 25.6. The van der Waals surface area contributed by atoms with Crippen molar-refractivity contribution in [1.29, 1.82) is 0 Å². The van der Waals surface area contributed by atoms with Gasteiger partial charge < -0.3 is 9.64 Å². The van der Waals surface area contributed by atoms with E-state index in [1.165, 1.54) is 18.2 Å². The average molecular weight is 552 g/mol. The van der Waals surface area contributed by atoms with Gasteiger partial charge in [-0.15, -0.1) is 21.5 Å². The molecule has 0 spiro atoms.